The van der Waals surface area contributed by atoms with Crippen LogP contribution in [0.4, 0.5) is 0 Å². The van der Waals surface area contributed by atoms with Crippen LogP contribution >= 0.6 is 12.2 Å². The molecule has 0 bridgehead atoms. The maximum atomic E-state index is 11.9. The predicted octanol–water partition coefficient (Wildman–Crippen LogP) is 1.62. The Morgan fingerprint density at radius 2 is 1.81 bits per heavy atom. The zero-order valence-electron chi connectivity index (χ0n) is 12.1. The number of hydrogen-bond acceptors (Lipinski definition) is 4. The Kier molecular flexibility index (Phi) is 4.37. The molecule has 21 heavy (non-hydrogen) atoms. The van der Waals surface area contributed by atoms with Crippen LogP contribution in [0.25, 0.3) is 6.08 Å². The van der Waals surface area contributed by atoms with E-state index in [1.54, 1.807) is 0 Å². The zero-order valence-corrected chi connectivity index (χ0v) is 12.9. The quantitative estimate of drug-likeness (QED) is 0.506. The van der Waals surface area contributed by atoms with E-state index in [0.717, 1.165) is 11.1 Å². The van der Waals surface area contributed by atoms with Crippen LogP contribution in [-0.2, 0) is 9.59 Å². The molecule has 2 N–H and O–H groups in total. The maximum absolute atomic E-state index is 11.9. The monoisotopic (exact) mass is 304 g/mol. The van der Waals surface area contributed by atoms with Gasteiger partial charge in [-0.3, -0.25) is 20.2 Å². The van der Waals surface area contributed by atoms with E-state index in [9.17, 15) is 9.59 Å². The summed E-state index contributed by atoms with van der Waals surface area (Å²) in [5, 5.41) is 4.85. The smallest absolute Gasteiger partial charge is 0.263 e. The Hall–Kier alpha value is -2.21. The fourth-order valence-electron chi connectivity index (χ4n) is 2.20. The first kappa shape index (κ1) is 15.2. The molecule has 110 valence electrons. The first-order valence-corrected chi connectivity index (χ1v) is 6.95. The van der Waals surface area contributed by atoms with Crippen LogP contribution in [0.5, 0.6) is 5.75 Å². The number of hydrogen-bond donors (Lipinski definition) is 2. The lowest BCUT2D eigenvalue weighted by Gasteiger charge is -2.17. The van der Waals surface area contributed by atoms with Crippen molar-refractivity contribution < 1.29 is 14.3 Å². The standard InChI is InChI=1S/C15H16N2O3S/c1-4-20-12-9(3)5-8(2)6-10(12)7-11-13(18)16-15(21)17-14(11)19/h5-7H,4H2,1-3H3,(H2,16,17,18,19,21). The molecule has 1 aromatic rings. The number of benzene rings is 1. The Morgan fingerprint density at radius 3 is 2.38 bits per heavy atom. The summed E-state index contributed by atoms with van der Waals surface area (Å²) in [6.07, 6.45) is 1.53. The molecule has 1 aliphatic rings. The number of carbonyl (C=O) groups excluding carboxylic acids is 2. The Morgan fingerprint density at radius 1 is 1.19 bits per heavy atom. The number of amides is 2. The van der Waals surface area contributed by atoms with Gasteiger partial charge < -0.3 is 4.74 Å². The molecule has 5 nitrogen and oxygen atoms in total. The molecule has 1 heterocycles. The van der Waals surface area contributed by atoms with Crippen molar-refractivity contribution in [1.29, 1.82) is 0 Å². The molecular formula is C15H16N2O3S. The Balaban J connectivity index is 2.51. The maximum Gasteiger partial charge on any atom is 0.263 e. The van der Waals surface area contributed by atoms with Gasteiger partial charge in [0, 0.05) is 5.56 Å². The van der Waals surface area contributed by atoms with Crippen molar-refractivity contribution in [3.63, 3.8) is 0 Å². The van der Waals surface area contributed by atoms with Gasteiger partial charge in [-0.15, -0.1) is 0 Å². The highest BCUT2D eigenvalue weighted by Crippen LogP contribution is 2.28. The highest BCUT2D eigenvalue weighted by molar-refractivity contribution is 7.80. The molecule has 1 fully saturated rings. The minimum Gasteiger partial charge on any atom is -0.493 e. The second-order valence-corrected chi connectivity index (χ2v) is 5.14. The van der Waals surface area contributed by atoms with Crippen molar-refractivity contribution in [1.82, 2.24) is 10.6 Å². The lowest BCUT2D eigenvalue weighted by molar-refractivity contribution is -0.123. The first-order valence-electron chi connectivity index (χ1n) is 6.54. The first-order chi connectivity index (χ1) is 9.92. The van der Waals surface area contributed by atoms with Crippen molar-refractivity contribution in [2.45, 2.75) is 20.8 Å². The van der Waals surface area contributed by atoms with Crippen molar-refractivity contribution >= 4 is 35.2 Å². The van der Waals surface area contributed by atoms with E-state index in [1.165, 1.54) is 6.08 Å². The van der Waals surface area contributed by atoms with Gasteiger partial charge in [0.1, 0.15) is 11.3 Å². The van der Waals surface area contributed by atoms with E-state index in [4.69, 9.17) is 17.0 Å². The topological polar surface area (TPSA) is 67.4 Å². The van der Waals surface area contributed by atoms with Gasteiger partial charge in [-0.2, -0.15) is 0 Å². The zero-order chi connectivity index (χ0) is 15.6. The number of aryl methyl sites for hydroxylation is 2. The third-order valence-corrected chi connectivity index (χ3v) is 3.18. The number of carbonyl (C=O) groups is 2. The van der Waals surface area contributed by atoms with E-state index in [-0.39, 0.29) is 10.7 Å². The molecule has 6 heteroatoms. The fraction of sp³-hybridized carbons (Fsp3) is 0.267. The van der Waals surface area contributed by atoms with Crippen LogP contribution in [0.3, 0.4) is 0 Å². The van der Waals surface area contributed by atoms with Gasteiger partial charge in [-0.05, 0) is 50.7 Å². The molecule has 2 amide bonds. The van der Waals surface area contributed by atoms with E-state index in [0.29, 0.717) is 17.9 Å². The van der Waals surface area contributed by atoms with Crippen LogP contribution in [0.2, 0.25) is 0 Å². The summed E-state index contributed by atoms with van der Waals surface area (Å²) in [5.74, 6) is -0.347. The van der Waals surface area contributed by atoms with E-state index in [2.05, 4.69) is 10.6 Å². The van der Waals surface area contributed by atoms with Gasteiger partial charge in [0.05, 0.1) is 6.61 Å². The molecular weight excluding hydrogens is 288 g/mol. The summed E-state index contributed by atoms with van der Waals surface area (Å²) in [6.45, 7) is 6.26. The van der Waals surface area contributed by atoms with E-state index >= 15 is 0 Å². The van der Waals surface area contributed by atoms with Crippen molar-refractivity contribution in [2.24, 2.45) is 0 Å². The number of rotatable bonds is 3. The lowest BCUT2D eigenvalue weighted by Crippen LogP contribution is -2.51. The Labute approximate surface area is 128 Å². The van der Waals surface area contributed by atoms with Gasteiger partial charge in [-0.1, -0.05) is 11.6 Å². The molecule has 0 atom stereocenters. The molecule has 1 saturated heterocycles. The molecule has 0 aromatic heterocycles. The van der Waals surface area contributed by atoms with Crippen molar-refractivity contribution in [3.05, 3.63) is 34.4 Å². The van der Waals surface area contributed by atoms with Crippen molar-refractivity contribution in [2.75, 3.05) is 6.61 Å². The molecule has 2 rings (SSSR count). The Bertz CT molecular complexity index is 643. The molecule has 1 aliphatic heterocycles. The third kappa shape index (κ3) is 3.28. The summed E-state index contributed by atoms with van der Waals surface area (Å²) in [7, 11) is 0. The number of nitrogens with one attached hydrogen (secondary N) is 2. The van der Waals surface area contributed by atoms with Crippen LogP contribution in [0, 0.1) is 13.8 Å². The number of ether oxygens (including phenoxy) is 1. The van der Waals surface area contributed by atoms with E-state index < -0.39 is 11.8 Å². The van der Waals surface area contributed by atoms with Gasteiger partial charge in [0.2, 0.25) is 0 Å². The SMILES string of the molecule is CCOc1c(C)cc(C)cc1C=C1C(=O)NC(=S)NC1=O. The third-order valence-electron chi connectivity index (χ3n) is 2.98. The summed E-state index contributed by atoms with van der Waals surface area (Å²) in [5.41, 5.74) is 2.68. The molecule has 0 radical (unpaired) electrons. The molecule has 1 aromatic carbocycles. The fourth-order valence-corrected chi connectivity index (χ4v) is 2.38. The molecule has 0 spiro atoms. The molecule has 0 aliphatic carbocycles. The highest BCUT2D eigenvalue weighted by Gasteiger charge is 2.26. The van der Waals surface area contributed by atoms with Gasteiger partial charge in [0.25, 0.3) is 11.8 Å². The summed E-state index contributed by atoms with van der Waals surface area (Å²) >= 11 is 4.77. The minimum atomic E-state index is -0.509. The molecule has 0 saturated carbocycles. The van der Waals surface area contributed by atoms with Crippen molar-refractivity contribution in [3.8, 4) is 5.75 Å². The van der Waals surface area contributed by atoms with Gasteiger partial charge in [0.15, 0.2) is 5.11 Å². The average molecular weight is 304 g/mol. The summed E-state index contributed by atoms with van der Waals surface area (Å²) < 4.78 is 5.62. The van der Waals surface area contributed by atoms with Crippen LogP contribution < -0.4 is 15.4 Å². The predicted molar refractivity (Wildman–Crippen MR) is 83.9 cm³/mol. The second kappa shape index (κ2) is 6.05. The van der Waals surface area contributed by atoms with Gasteiger partial charge in [-0.25, -0.2) is 0 Å². The normalized spacial score (nSPS) is 14.6. The van der Waals surface area contributed by atoms with Gasteiger partial charge >= 0.3 is 0 Å². The highest BCUT2D eigenvalue weighted by atomic mass is 32.1. The second-order valence-electron chi connectivity index (χ2n) is 4.73. The van der Waals surface area contributed by atoms with Crippen LogP contribution in [0.1, 0.15) is 23.6 Å². The van der Waals surface area contributed by atoms with Crippen LogP contribution in [-0.4, -0.2) is 23.5 Å². The molecule has 0 unspecified atom stereocenters. The van der Waals surface area contributed by atoms with E-state index in [1.807, 2.05) is 32.9 Å². The summed E-state index contributed by atoms with van der Waals surface area (Å²) in [6, 6.07) is 3.86. The number of thiocarbonyl (C=S) groups is 1. The lowest BCUT2D eigenvalue weighted by atomic mass is 10.0. The average Bonchev–Trinajstić information content (AvgIpc) is 2.37. The van der Waals surface area contributed by atoms with Crippen LogP contribution in [0.15, 0.2) is 17.7 Å². The summed E-state index contributed by atoms with van der Waals surface area (Å²) in [4.78, 5) is 23.8. The minimum absolute atomic E-state index is 0.00885. The largest absolute Gasteiger partial charge is 0.493 e.